The topological polar surface area (TPSA) is 81.9 Å². The van der Waals surface area contributed by atoms with Gasteiger partial charge < -0.3 is 4.74 Å². The predicted octanol–water partition coefficient (Wildman–Crippen LogP) is 4.24. The Labute approximate surface area is 169 Å². The predicted molar refractivity (Wildman–Crippen MR) is 111 cm³/mol. The Morgan fingerprint density at radius 3 is 2.61 bits per heavy atom. The van der Waals surface area contributed by atoms with Gasteiger partial charge in [0.1, 0.15) is 16.5 Å². The second kappa shape index (κ2) is 7.53. The van der Waals surface area contributed by atoms with Gasteiger partial charge in [0.2, 0.25) is 0 Å². The highest BCUT2D eigenvalue weighted by Gasteiger charge is 2.15. The number of methoxy groups -OCH3 is 1. The average molecular weight is 412 g/mol. The van der Waals surface area contributed by atoms with Crippen LogP contribution in [0.2, 0.25) is 0 Å². The van der Waals surface area contributed by atoms with E-state index >= 15 is 0 Å². The molecule has 28 heavy (non-hydrogen) atoms. The summed E-state index contributed by atoms with van der Waals surface area (Å²) < 4.78 is 6.91. The van der Waals surface area contributed by atoms with Crippen molar-refractivity contribution < 1.29 is 9.53 Å². The van der Waals surface area contributed by atoms with Gasteiger partial charge in [0.05, 0.1) is 18.5 Å². The van der Waals surface area contributed by atoms with Crippen molar-refractivity contribution in [1.82, 2.24) is 19.7 Å². The minimum atomic E-state index is -0.278. The van der Waals surface area contributed by atoms with E-state index in [1.807, 2.05) is 49.8 Å². The molecule has 142 valence electrons. The molecular weight excluding hydrogens is 394 g/mol. The summed E-state index contributed by atoms with van der Waals surface area (Å²) >= 11 is 2.80. The van der Waals surface area contributed by atoms with Crippen LogP contribution in [0.5, 0.6) is 5.75 Å². The molecule has 0 aliphatic heterocycles. The molecule has 9 heteroatoms. The van der Waals surface area contributed by atoms with Crippen molar-refractivity contribution in [3.63, 3.8) is 0 Å². The van der Waals surface area contributed by atoms with Crippen molar-refractivity contribution in [1.29, 1.82) is 0 Å². The Bertz CT molecular complexity index is 1130. The van der Waals surface area contributed by atoms with Gasteiger partial charge in [0.25, 0.3) is 5.91 Å². The van der Waals surface area contributed by atoms with Gasteiger partial charge in [0.15, 0.2) is 5.13 Å². The molecule has 4 aromatic rings. The normalized spacial score (nSPS) is 10.8. The number of amides is 1. The highest BCUT2D eigenvalue weighted by atomic mass is 32.1. The number of carbonyl (C=O) groups is 1. The van der Waals surface area contributed by atoms with Crippen LogP contribution in [0.4, 0.5) is 5.13 Å². The number of hydrogen-bond donors (Lipinski definition) is 1. The zero-order chi connectivity index (χ0) is 19.7. The lowest BCUT2D eigenvalue weighted by molar-refractivity contribution is 0.102. The zero-order valence-corrected chi connectivity index (χ0v) is 17.1. The molecule has 3 aromatic heterocycles. The molecule has 0 spiro atoms. The molecule has 0 aliphatic carbocycles. The first-order valence-electron chi connectivity index (χ1n) is 8.41. The van der Waals surface area contributed by atoms with Gasteiger partial charge in [-0.25, -0.2) is 9.97 Å². The number of carbonyl (C=O) groups excluding carboxylic acids is 1. The van der Waals surface area contributed by atoms with Crippen molar-refractivity contribution in [3.05, 3.63) is 52.6 Å². The highest BCUT2D eigenvalue weighted by Crippen LogP contribution is 2.28. The molecule has 4 rings (SSSR count). The van der Waals surface area contributed by atoms with Crippen LogP contribution in [0, 0.1) is 6.92 Å². The van der Waals surface area contributed by atoms with E-state index in [4.69, 9.17) is 4.74 Å². The fourth-order valence-electron chi connectivity index (χ4n) is 2.71. The highest BCUT2D eigenvalue weighted by molar-refractivity contribution is 7.14. The molecule has 1 amide bonds. The van der Waals surface area contributed by atoms with Gasteiger partial charge in [-0.3, -0.25) is 14.8 Å². The maximum atomic E-state index is 12.5. The number of aryl methyl sites for hydroxylation is 2. The summed E-state index contributed by atoms with van der Waals surface area (Å²) in [6.45, 7) is 1.93. The minimum absolute atomic E-state index is 0.278. The van der Waals surface area contributed by atoms with Crippen molar-refractivity contribution in [2.24, 2.45) is 7.05 Å². The SMILES string of the molecule is COc1ccc(-c2nc(C(=O)Nc3nc(-c4cn(C)nc4C)cs3)cs2)cc1. The molecule has 1 N–H and O–H groups in total. The summed E-state index contributed by atoms with van der Waals surface area (Å²) in [5, 5.41) is 12.1. The maximum absolute atomic E-state index is 12.5. The third-order valence-corrected chi connectivity index (χ3v) is 5.74. The second-order valence-corrected chi connectivity index (χ2v) is 7.78. The first kappa shape index (κ1) is 18.3. The van der Waals surface area contributed by atoms with Crippen molar-refractivity contribution in [3.8, 4) is 27.6 Å². The van der Waals surface area contributed by atoms with E-state index in [-0.39, 0.29) is 5.91 Å². The van der Waals surface area contributed by atoms with Gasteiger partial charge in [0, 0.05) is 35.1 Å². The number of nitrogens with one attached hydrogen (secondary N) is 1. The Hall–Kier alpha value is -3.04. The third kappa shape index (κ3) is 3.67. The van der Waals surface area contributed by atoms with E-state index in [9.17, 15) is 4.79 Å². The first-order chi connectivity index (χ1) is 13.5. The molecule has 0 unspecified atom stereocenters. The van der Waals surface area contributed by atoms with Crippen molar-refractivity contribution >= 4 is 33.7 Å². The lowest BCUT2D eigenvalue weighted by Crippen LogP contribution is -2.12. The molecule has 0 fully saturated rings. The minimum Gasteiger partial charge on any atom is -0.497 e. The Balaban J connectivity index is 1.48. The molecule has 0 saturated carbocycles. The molecule has 0 atom stereocenters. The number of thiazole rings is 2. The summed E-state index contributed by atoms with van der Waals surface area (Å²) in [7, 11) is 3.49. The van der Waals surface area contributed by atoms with E-state index in [0.717, 1.165) is 33.3 Å². The van der Waals surface area contributed by atoms with Crippen LogP contribution < -0.4 is 10.1 Å². The van der Waals surface area contributed by atoms with Gasteiger partial charge in [-0.15, -0.1) is 22.7 Å². The van der Waals surface area contributed by atoms with Crippen LogP contribution in [0.3, 0.4) is 0 Å². The molecule has 3 heterocycles. The Morgan fingerprint density at radius 1 is 1.14 bits per heavy atom. The summed E-state index contributed by atoms with van der Waals surface area (Å²) in [6, 6.07) is 7.58. The lowest BCUT2D eigenvalue weighted by atomic mass is 10.2. The number of hydrogen-bond acceptors (Lipinski definition) is 7. The second-order valence-electron chi connectivity index (χ2n) is 6.06. The van der Waals surface area contributed by atoms with Crippen molar-refractivity contribution in [2.45, 2.75) is 6.92 Å². The van der Waals surface area contributed by atoms with E-state index in [1.54, 1.807) is 17.2 Å². The molecule has 0 aliphatic rings. The van der Waals surface area contributed by atoms with E-state index in [2.05, 4.69) is 20.4 Å². The zero-order valence-electron chi connectivity index (χ0n) is 15.5. The largest absolute Gasteiger partial charge is 0.497 e. The van der Waals surface area contributed by atoms with E-state index in [1.165, 1.54) is 22.7 Å². The number of nitrogens with zero attached hydrogens (tertiary/aromatic N) is 4. The number of rotatable bonds is 5. The summed E-state index contributed by atoms with van der Waals surface area (Å²) in [4.78, 5) is 21.5. The number of benzene rings is 1. The number of anilines is 1. The summed E-state index contributed by atoms with van der Waals surface area (Å²) in [6.07, 6.45) is 1.91. The lowest BCUT2D eigenvalue weighted by Gasteiger charge is -2.00. The van der Waals surface area contributed by atoms with Gasteiger partial charge >= 0.3 is 0 Å². The maximum Gasteiger partial charge on any atom is 0.276 e. The van der Waals surface area contributed by atoms with Crippen LogP contribution in [0.1, 0.15) is 16.2 Å². The van der Waals surface area contributed by atoms with Gasteiger partial charge in [-0.1, -0.05) is 0 Å². The molecule has 0 radical (unpaired) electrons. The molecule has 7 nitrogen and oxygen atoms in total. The van der Waals surface area contributed by atoms with Crippen LogP contribution in [0.15, 0.2) is 41.2 Å². The fourth-order valence-corrected chi connectivity index (χ4v) is 4.22. The quantitative estimate of drug-likeness (QED) is 0.531. The Kier molecular flexibility index (Phi) is 4.93. The summed E-state index contributed by atoms with van der Waals surface area (Å²) in [5.41, 5.74) is 3.95. The van der Waals surface area contributed by atoms with Crippen LogP contribution in [0.25, 0.3) is 21.8 Å². The monoisotopic (exact) mass is 411 g/mol. The van der Waals surface area contributed by atoms with E-state index < -0.39 is 0 Å². The smallest absolute Gasteiger partial charge is 0.276 e. The molecule has 0 bridgehead atoms. The van der Waals surface area contributed by atoms with Crippen LogP contribution >= 0.6 is 22.7 Å². The van der Waals surface area contributed by atoms with Crippen molar-refractivity contribution in [2.75, 3.05) is 12.4 Å². The third-order valence-electron chi connectivity index (χ3n) is 4.09. The summed E-state index contributed by atoms with van der Waals surface area (Å²) in [5.74, 6) is 0.501. The van der Waals surface area contributed by atoms with Crippen LogP contribution in [-0.2, 0) is 7.05 Å². The number of aromatic nitrogens is 4. The molecular formula is C19H17N5O2S2. The number of ether oxygens (including phenoxy) is 1. The van der Waals surface area contributed by atoms with Gasteiger partial charge in [-0.2, -0.15) is 5.10 Å². The van der Waals surface area contributed by atoms with Gasteiger partial charge in [-0.05, 0) is 31.2 Å². The van der Waals surface area contributed by atoms with Crippen LogP contribution in [-0.4, -0.2) is 32.8 Å². The molecule has 0 saturated heterocycles. The average Bonchev–Trinajstić information content (AvgIpc) is 3.42. The van der Waals surface area contributed by atoms with E-state index in [0.29, 0.717) is 10.8 Å². The first-order valence-corrected chi connectivity index (χ1v) is 10.2. The Morgan fingerprint density at radius 2 is 1.93 bits per heavy atom. The fraction of sp³-hybridized carbons (Fsp3) is 0.158. The molecule has 1 aromatic carbocycles. The standard InChI is InChI=1S/C19H17N5O2S2/c1-11-14(8-24(2)23-11)15-9-28-19(21-15)22-17(25)16-10-27-18(20-16)12-4-6-13(26-3)7-5-12/h4-10H,1-3H3,(H,21,22,25).